The van der Waals surface area contributed by atoms with Gasteiger partial charge in [-0.1, -0.05) is 0 Å². The molecule has 0 amide bonds. The number of aliphatic carboxylic acids is 1. The van der Waals surface area contributed by atoms with Crippen molar-refractivity contribution in [2.75, 3.05) is 7.11 Å². The second-order valence-electron chi connectivity index (χ2n) is 3.25. The lowest BCUT2D eigenvalue weighted by molar-refractivity contribution is -0.136. The van der Waals surface area contributed by atoms with Gasteiger partial charge in [0.05, 0.1) is 19.2 Å². The van der Waals surface area contributed by atoms with Crippen molar-refractivity contribution in [2.24, 2.45) is 5.73 Å². The molecule has 0 aliphatic rings. The zero-order valence-corrected chi connectivity index (χ0v) is 9.11. The van der Waals surface area contributed by atoms with Gasteiger partial charge in [-0.25, -0.2) is 8.78 Å². The number of hydrogen-bond acceptors (Lipinski definition) is 4. The predicted octanol–water partition coefficient (Wildman–Crippen LogP) is 1.11. The monoisotopic (exact) mass is 246 g/mol. The number of methoxy groups -OCH3 is 1. The quantitative estimate of drug-likeness (QED) is 0.812. The first-order chi connectivity index (χ1) is 8.01. The van der Waals surface area contributed by atoms with Crippen LogP contribution in [0.1, 0.15) is 23.2 Å². The summed E-state index contributed by atoms with van der Waals surface area (Å²) in [5.74, 6) is -1.20. The van der Waals surface area contributed by atoms with Crippen LogP contribution < -0.4 is 10.5 Å². The maximum Gasteiger partial charge on any atom is 0.307 e. The number of carboxylic acids is 1. The van der Waals surface area contributed by atoms with E-state index in [-0.39, 0.29) is 23.6 Å². The van der Waals surface area contributed by atoms with Crippen LogP contribution in [0, 0.1) is 0 Å². The summed E-state index contributed by atoms with van der Waals surface area (Å²) in [6.45, 7) is -0.0146. The fraction of sp³-hybridized carbons (Fsp3) is 0.400. The SMILES string of the molecule is COc1c(CN)ncc(C(F)F)c1CC(=O)O. The van der Waals surface area contributed by atoms with E-state index in [2.05, 4.69) is 4.98 Å². The van der Waals surface area contributed by atoms with Crippen LogP contribution in [-0.2, 0) is 17.8 Å². The van der Waals surface area contributed by atoms with Crippen molar-refractivity contribution >= 4 is 5.97 Å². The minimum atomic E-state index is -2.81. The summed E-state index contributed by atoms with van der Waals surface area (Å²) >= 11 is 0. The number of hydrogen-bond donors (Lipinski definition) is 2. The lowest BCUT2D eigenvalue weighted by atomic mass is 10.0. The van der Waals surface area contributed by atoms with Crippen LogP contribution in [0.25, 0.3) is 0 Å². The zero-order chi connectivity index (χ0) is 13.0. The highest BCUT2D eigenvalue weighted by molar-refractivity contribution is 5.72. The lowest BCUT2D eigenvalue weighted by Crippen LogP contribution is -2.11. The fourth-order valence-electron chi connectivity index (χ4n) is 1.50. The third-order valence-corrected chi connectivity index (χ3v) is 2.20. The molecular weight excluding hydrogens is 234 g/mol. The standard InChI is InChI=1S/C10H12F2N2O3/c1-17-9-5(2-8(15)16)6(10(11)12)4-14-7(9)3-13/h4,10H,2-3,13H2,1H3,(H,15,16). The molecule has 0 aliphatic heterocycles. The van der Waals surface area contributed by atoms with Gasteiger partial charge in [0.25, 0.3) is 6.43 Å². The Kier molecular flexibility index (Phi) is 4.33. The second kappa shape index (κ2) is 5.53. The van der Waals surface area contributed by atoms with Crippen LogP contribution in [0.4, 0.5) is 8.78 Å². The number of alkyl halides is 2. The first-order valence-electron chi connectivity index (χ1n) is 4.75. The van der Waals surface area contributed by atoms with Crippen LogP contribution in [-0.4, -0.2) is 23.2 Å². The number of nitrogens with zero attached hydrogens (tertiary/aromatic N) is 1. The number of ether oxygens (including phenoxy) is 1. The molecule has 17 heavy (non-hydrogen) atoms. The van der Waals surface area contributed by atoms with E-state index in [0.29, 0.717) is 0 Å². The maximum absolute atomic E-state index is 12.7. The van der Waals surface area contributed by atoms with Crippen molar-refractivity contribution < 1.29 is 23.4 Å². The van der Waals surface area contributed by atoms with Crippen molar-refractivity contribution in [2.45, 2.75) is 19.4 Å². The molecule has 1 aromatic rings. The highest BCUT2D eigenvalue weighted by Gasteiger charge is 2.22. The number of rotatable bonds is 5. The molecule has 1 heterocycles. The Morgan fingerprint density at radius 2 is 2.29 bits per heavy atom. The number of carbonyl (C=O) groups is 1. The Balaban J connectivity index is 3.38. The van der Waals surface area contributed by atoms with Gasteiger partial charge in [0.2, 0.25) is 0 Å². The molecule has 0 saturated carbocycles. The molecule has 1 rings (SSSR count). The molecule has 0 saturated heterocycles. The highest BCUT2D eigenvalue weighted by Crippen LogP contribution is 2.31. The summed E-state index contributed by atoms with van der Waals surface area (Å²) in [6.07, 6.45) is -2.43. The number of carboxylic acid groups (broad SMARTS) is 1. The number of nitrogens with two attached hydrogens (primary N) is 1. The smallest absolute Gasteiger partial charge is 0.307 e. The Bertz CT molecular complexity index is 424. The third kappa shape index (κ3) is 2.88. The van der Waals surface area contributed by atoms with E-state index in [0.717, 1.165) is 6.20 Å². The largest absolute Gasteiger partial charge is 0.494 e. The van der Waals surface area contributed by atoms with Crippen molar-refractivity contribution in [1.29, 1.82) is 0 Å². The normalized spacial score (nSPS) is 10.6. The third-order valence-electron chi connectivity index (χ3n) is 2.20. The second-order valence-corrected chi connectivity index (χ2v) is 3.25. The molecule has 0 unspecified atom stereocenters. The average Bonchev–Trinajstić information content (AvgIpc) is 2.27. The van der Waals surface area contributed by atoms with Crippen LogP contribution in [0.5, 0.6) is 5.75 Å². The lowest BCUT2D eigenvalue weighted by Gasteiger charge is -2.14. The molecule has 0 aliphatic carbocycles. The first kappa shape index (κ1) is 13.3. The molecule has 5 nitrogen and oxygen atoms in total. The Morgan fingerprint density at radius 1 is 1.65 bits per heavy atom. The zero-order valence-electron chi connectivity index (χ0n) is 9.11. The maximum atomic E-state index is 12.7. The van der Waals surface area contributed by atoms with Gasteiger partial charge in [-0.05, 0) is 0 Å². The van der Waals surface area contributed by atoms with E-state index in [9.17, 15) is 13.6 Å². The summed E-state index contributed by atoms with van der Waals surface area (Å²) in [7, 11) is 1.26. The minimum Gasteiger partial charge on any atom is -0.494 e. The summed E-state index contributed by atoms with van der Waals surface area (Å²) in [5, 5.41) is 8.70. The van der Waals surface area contributed by atoms with Gasteiger partial charge < -0.3 is 15.6 Å². The Labute approximate surface area is 96.2 Å². The molecule has 94 valence electrons. The van der Waals surface area contributed by atoms with Crippen LogP contribution in [0.15, 0.2) is 6.20 Å². The molecule has 0 radical (unpaired) electrons. The van der Waals surface area contributed by atoms with Gasteiger partial charge in [0.1, 0.15) is 5.75 Å². The summed E-state index contributed by atoms with van der Waals surface area (Å²) in [6, 6.07) is 0. The summed E-state index contributed by atoms with van der Waals surface area (Å²) < 4.78 is 30.3. The average molecular weight is 246 g/mol. The summed E-state index contributed by atoms with van der Waals surface area (Å²) in [5.41, 5.74) is 5.11. The van der Waals surface area contributed by atoms with E-state index in [1.54, 1.807) is 0 Å². The van der Waals surface area contributed by atoms with E-state index < -0.39 is 24.4 Å². The van der Waals surface area contributed by atoms with E-state index in [4.69, 9.17) is 15.6 Å². The summed E-state index contributed by atoms with van der Waals surface area (Å²) in [4.78, 5) is 14.4. The van der Waals surface area contributed by atoms with Crippen LogP contribution in [0.2, 0.25) is 0 Å². The molecule has 7 heteroatoms. The van der Waals surface area contributed by atoms with Gasteiger partial charge in [-0.15, -0.1) is 0 Å². The highest BCUT2D eigenvalue weighted by atomic mass is 19.3. The number of halogens is 2. The van der Waals surface area contributed by atoms with E-state index in [1.807, 2.05) is 0 Å². The van der Waals surface area contributed by atoms with Crippen molar-refractivity contribution in [1.82, 2.24) is 4.98 Å². The van der Waals surface area contributed by atoms with Gasteiger partial charge in [-0.3, -0.25) is 9.78 Å². The molecule has 3 N–H and O–H groups in total. The minimum absolute atomic E-state index is 0.0146. The van der Waals surface area contributed by atoms with E-state index in [1.165, 1.54) is 7.11 Å². The molecule has 0 fully saturated rings. The fourth-order valence-corrected chi connectivity index (χ4v) is 1.50. The van der Waals surface area contributed by atoms with Crippen molar-refractivity contribution in [3.63, 3.8) is 0 Å². The molecule has 0 spiro atoms. The number of pyridine rings is 1. The molecule has 0 bridgehead atoms. The van der Waals surface area contributed by atoms with Gasteiger partial charge >= 0.3 is 5.97 Å². The molecule has 0 aromatic carbocycles. The van der Waals surface area contributed by atoms with Crippen molar-refractivity contribution in [3.05, 3.63) is 23.0 Å². The first-order valence-corrected chi connectivity index (χ1v) is 4.75. The molecule has 0 atom stereocenters. The van der Waals surface area contributed by atoms with Gasteiger partial charge in [0.15, 0.2) is 0 Å². The Hall–Kier alpha value is -1.76. The predicted molar refractivity (Wildman–Crippen MR) is 55.0 cm³/mol. The van der Waals surface area contributed by atoms with Gasteiger partial charge in [-0.2, -0.15) is 0 Å². The van der Waals surface area contributed by atoms with E-state index >= 15 is 0 Å². The molecule has 1 aromatic heterocycles. The van der Waals surface area contributed by atoms with Crippen LogP contribution >= 0.6 is 0 Å². The topological polar surface area (TPSA) is 85.4 Å². The van der Waals surface area contributed by atoms with Crippen molar-refractivity contribution in [3.8, 4) is 5.75 Å². The Morgan fingerprint density at radius 3 is 2.71 bits per heavy atom. The molecular formula is C10H12F2N2O3. The number of aromatic nitrogens is 1. The van der Waals surface area contributed by atoms with Gasteiger partial charge in [0, 0.05) is 23.9 Å². The van der Waals surface area contributed by atoms with Crippen LogP contribution in [0.3, 0.4) is 0 Å².